The molecule has 0 aliphatic carbocycles. The van der Waals surface area contributed by atoms with Crippen LogP contribution in [0.4, 0.5) is 10.2 Å². The van der Waals surface area contributed by atoms with E-state index in [0.717, 1.165) is 22.8 Å². The number of aliphatic hydroxyl groups is 1. The van der Waals surface area contributed by atoms with Gasteiger partial charge in [-0.3, -0.25) is 4.79 Å². The number of rotatable bonds is 7. The summed E-state index contributed by atoms with van der Waals surface area (Å²) in [5, 5.41) is 21.0. The third-order valence-corrected chi connectivity index (χ3v) is 5.11. The molecule has 3 N–H and O–H groups in total. The number of fused-ring (bicyclic) bond motifs is 1. The molecule has 0 unspecified atom stereocenters. The Kier molecular flexibility index (Phi) is 5.96. The lowest BCUT2D eigenvalue weighted by Gasteiger charge is -2.13. The van der Waals surface area contributed by atoms with Crippen LogP contribution >= 0.6 is 0 Å². The van der Waals surface area contributed by atoms with E-state index in [1.54, 1.807) is 16.8 Å². The van der Waals surface area contributed by atoms with Gasteiger partial charge < -0.3 is 20.1 Å². The Morgan fingerprint density at radius 1 is 1.06 bits per heavy atom. The number of aromatic carboxylic acids is 1. The molecule has 0 bridgehead atoms. The van der Waals surface area contributed by atoms with Gasteiger partial charge in [-0.15, -0.1) is 0 Å². The van der Waals surface area contributed by atoms with Crippen molar-refractivity contribution in [3.63, 3.8) is 0 Å². The molecule has 2 aromatic heterocycles. The van der Waals surface area contributed by atoms with Crippen molar-refractivity contribution in [3.05, 3.63) is 94.2 Å². The van der Waals surface area contributed by atoms with Gasteiger partial charge in [-0.2, -0.15) is 0 Å². The van der Waals surface area contributed by atoms with E-state index in [1.807, 2.05) is 36.4 Å². The summed E-state index contributed by atoms with van der Waals surface area (Å²) in [5.74, 6) is -1.47. The second-order valence-electron chi connectivity index (χ2n) is 7.22. The summed E-state index contributed by atoms with van der Waals surface area (Å²) >= 11 is 0. The molecule has 32 heavy (non-hydrogen) atoms. The van der Waals surface area contributed by atoms with Crippen LogP contribution in [0.15, 0.2) is 71.8 Å². The van der Waals surface area contributed by atoms with Gasteiger partial charge in [0, 0.05) is 31.0 Å². The SMILES string of the molecule is O=C(O)c1cn(Cc2ccc(-c3ccc(NCCO)nc3)cc2)c2cccc(F)c2c1=O. The van der Waals surface area contributed by atoms with E-state index in [0.29, 0.717) is 17.9 Å². The largest absolute Gasteiger partial charge is 0.477 e. The highest BCUT2D eigenvalue weighted by Gasteiger charge is 2.17. The van der Waals surface area contributed by atoms with E-state index in [1.165, 1.54) is 12.3 Å². The summed E-state index contributed by atoms with van der Waals surface area (Å²) in [6.07, 6.45) is 2.98. The number of pyridine rings is 2. The van der Waals surface area contributed by atoms with Crippen molar-refractivity contribution in [3.8, 4) is 11.1 Å². The topological polar surface area (TPSA) is 104 Å². The zero-order valence-corrected chi connectivity index (χ0v) is 17.0. The van der Waals surface area contributed by atoms with E-state index in [9.17, 15) is 19.1 Å². The first kappa shape index (κ1) is 21.2. The van der Waals surface area contributed by atoms with Gasteiger partial charge in [0.1, 0.15) is 17.2 Å². The summed E-state index contributed by atoms with van der Waals surface area (Å²) in [6, 6.07) is 15.6. The van der Waals surface area contributed by atoms with Crippen LogP contribution in [0.1, 0.15) is 15.9 Å². The van der Waals surface area contributed by atoms with Crippen molar-refractivity contribution >= 4 is 22.7 Å². The highest BCUT2D eigenvalue weighted by Crippen LogP contribution is 2.22. The van der Waals surface area contributed by atoms with Gasteiger partial charge in [-0.25, -0.2) is 14.2 Å². The third kappa shape index (κ3) is 4.21. The van der Waals surface area contributed by atoms with Crippen LogP contribution in [0.25, 0.3) is 22.0 Å². The minimum absolute atomic E-state index is 0.0241. The second-order valence-corrected chi connectivity index (χ2v) is 7.22. The van der Waals surface area contributed by atoms with Gasteiger partial charge in [-0.1, -0.05) is 30.3 Å². The van der Waals surface area contributed by atoms with E-state index in [4.69, 9.17) is 5.11 Å². The summed E-state index contributed by atoms with van der Waals surface area (Å²) in [5.41, 5.74) is 1.74. The Morgan fingerprint density at radius 2 is 1.81 bits per heavy atom. The van der Waals surface area contributed by atoms with Crippen molar-refractivity contribution in [2.75, 3.05) is 18.5 Å². The van der Waals surface area contributed by atoms with Gasteiger partial charge in [0.15, 0.2) is 0 Å². The summed E-state index contributed by atoms with van der Waals surface area (Å²) in [7, 11) is 0. The normalized spacial score (nSPS) is 10.9. The van der Waals surface area contributed by atoms with Crippen LogP contribution in [0.2, 0.25) is 0 Å². The third-order valence-electron chi connectivity index (χ3n) is 5.11. The fourth-order valence-electron chi connectivity index (χ4n) is 3.53. The molecule has 2 aromatic carbocycles. The number of halogens is 1. The van der Waals surface area contributed by atoms with Crippen LogP contribution in [0.3, 0.4) is 0 Å². The Labute approximate surface area is 182 Å². The number of hydrogen-bond acceptors (Lipinski definition) is 5. The Balaban J connectivity index is 1.64. The van der Waals surface area contributed by atoms with Gasteiger partial charge in [0.25, 0.3) is 0 Å². The quantitative estimate of drug-likeness (QED) is 0.413. The van der Waals surface area contributed by atoms with Crippen LogP contribution < -0.4 is 10.7 Å². The molecule has 0 aliphatic rings. The number of nitrogens with zero attached hydrogens (tertiary/aromatic N) is 2. The monoisotopic (exact) mass is 433 g/mol. The van der Waals surface area contributed by atoms with Crippen molar-refractivity contribution in [1.82, 2.24) is 9.55 Å². The maximum absolute atomic E-state index is 14.3. The number of aromatic nitrogens is 2. The first-order valence-corrected chi connectivity index (χ1v) is 9.93. The van der Waals surface area contributed by atoms with Crippen LogP contribution in [0.5, 0.6) is 0 Å². The van der Waals surface area contributed by atoms with Crippen LogP contribution in [0, 0.1) is 5.82 Å². The average molecular weight is 433 g/mol. The average Bonchev–Trinajstić information content (AvgIpc) is 2.80. The molecule has 0 spiro atoms. The Bertz CT molecular complexity index is 1330. The lowest BCUT2D eigenvalue weighted by molar-refractivity contribution is 0.0695. The first-order valence-electron chi connectivity index (χ1n) is 9.93. The zero-order valence-electron chi connectivity index (χ0n) is 17.0. The smallest absolute Gasteiger partial charge is 0.341 e. The Hall–Kier alpha value is -4.04. The second kappa shape index (κ2) is 8.99. The number of nitrogens with one attached hydrogen (secondary N) is 1. The minimum atomic E-state index is -1.39. The fourth-order valence-corrected chi connectivity index (χ4v) is 3.53. The van der Waals surface area contributed by atoms with Crippen LogP contribution in [-0.2, 0) is 6.54 Å². The number of carboxylic acid groups (broad SMARTS) is 1. The van der Waals surface area contributed by atoms with Gasteiger partial charge in [0.05, 0.1) is 17.5 Å². The molecule has 8 heteroatoms. The molecule has 4 rings (SSSR count). The number of carbonyl (C=O) groups is 1. The molecule has 0 radical (unpaired) electrons. The predicted octanol–water partition coefficient (Wildman–Crippen LogP) is 3.35. The molecule has 4 aromatic rings. The molecule has 0 aliphatic heterocycles. The van der Waals surface area contributed by atoms with Crippen LogP contribution in [-0.4, -0.2) is 38.9 Å². The number of anilines is 1. The highest BCUT2D eigenvalue weighted by molar-refractivity contribution is 5.92. The van der Waals surface area contributed by atoms with E-state index in [-0.39, 0.29) is 18.5 Å². The number of benzene rings is 2. The zero-order chi connectivity index (χ0) is 22.7. The molecule has 0 amide bonds. The molecular weight excluding hydrogens is 413 g/mol. The summed E-state index contributed by atoms with van der Waals surface area (Å²) < 4.78 is 15.9. The van der Waals surface area contributed by atoms with Crippen molar-refractivity contribution in [2.24, 2.45) is 0 Å². The molecule has 0 atom stereocenters. The standard InChI is InChI=1S/C24H20FN3O4/c25-19-2-1-3-20-22(19)23(30)18(24(31)32)14-28(20)13-15-4-6-16(7-5-15)17-8-9-21(27-12-17)26-10-11-29/h1-9,12,14,29H,10-11,13H2,(H,26,27)(H,31,32). The molecular formula is C24H20FN3O4. The molecule has 2 heterocycles. The molecule has 0 saturated heterocycles. The first-order chi connectivity index (χ1) is 15.5. The Morgan fingerprint density at radius 3 is 2.47 bits per heavy atom. The molecule has 162 valence electrons. The van der Waals surface area contributed by atoms with E-state index in [2.05, 4.69) is 10.3 Å². The van der Waals surface area contributed by atoms with Gasteiger partial charge >= 0.3 is 5.97 Å². The van der Waals surface area contributed by atoms with Gasteiger partial charge in [0.2, 0.25) is 5.43 Å². The van der Waals surface area contributed by atoms with E-state index >= 15 is 0 Å². The molecule has 7 nitrogen and oxygen atoms in total. The maximum Gasteiger partial charge on any atom is 0.341 e. The maximum atomic E-state index is 14.3. The van der Waals surface area contributed by atoms with Crippen molar-refractivity contribution in [1.29, 1.82) is 0 Å². The van der Waals surface area contributed by atoms with E-state index < -0.39 is 22.8 Å². The predicted molar refractivity (Wildman–Crippen MR) is 119 cm³/mol. The lowest BCUT2D eigenvalue weighted by Crippen LogP contribution is -2.20. The van der Waals surface area contributed by atoms with Gasteiger partial charge in [-0.05, 0) is 35.4 Å². The lowest BCUT2D eigenvalue weighted by atomic mass is 10.1. The van der Waals surface area contributed by atoms with Crippen molar-refractivity contribution in [2.45, 2.75) is 6.54 Å². The number of aliphatic hydroxyl groups excluding tert-OH is 1. The summed E-state index contributed by atoms with van der Waals surface area (Å²) in [4.78, 5) is 28.2. The number of carboxylic acids is 1. The minimum Gasteiger partial charge on any atom is -0.477 e. The fraction of sp³-hybridized carbons (Fsp3) is 0.125. The highest BCUT2D eigenvalue weighted by atomic mass is 19.1. The number of hydrogen-bond donors (Lipinski definition) is 3. The molecule has 0 saturated carbocycles. The van der Waals surface area contributed by atoms with Crippen molar-refractivity contribution < 1.29 is 19.4 Å². The summed E-state index contributed by atoms with van der Waals surface area (Å²) in [6.45, 7) is 0.716. The molecule has 0 fully saturated rings.